The summed E-state index contributed by atoms with van der Waals surface area (Å²) in [7, 11) is 0. The monoisotopic (exact) mass is 430 g/mol. The zero-order valence-electron chi connectivity index (χ0n) is 16.2. The molecular weight excluding hydrogens is 408 g/mol. The Hall–Kier alpha value is -2.98. The fraction of sp³-hybridized carbons (Fsp3) is 0.421. The molecule has 0 bridgehead atoms. The summed E-state index contributed by atoms with van der Waals surface area (Å²) >= 11 is 0. The van der Waals surface area contributed by atoms with Gasteiger partial charge in [-0.15, -0.1) is 12.4 Å². The van der Waals surface area contributed by atoms with E-state index in [2.05, 4.69) is 25.2 Å². The number of nitro groups is 1. The maximum absolute atomic E-state index is 11.1. The van der Waals surface area contributed by atoms with Gasteiger partial charge in [0.2, 0.25) is 5.95 Å². The number of H-pyrrole nitrogens is 1. The van der Waals surface area contributed by atoms with E-state index in [9.17, 15) is 10.1 Å². The Bertz CT molecular complexity index is 1080. The van der Waals surface area contributed by atoms with Crippen LogP contribution in [0, 0.1) is 10.1 Å². The van der Waals surface area contributed by atoms with Gasteiger partial charge in [-0.1, -0.05) is 0 Å². The topological polar surface area (TPSA) is 139 Å². The van der Waals surface area contributed by atoms with Crippen LogP contribution in [0.4, 0.5) is 23.1 Å². The lowest BCUT2D eigenvalue weighted by molar-refractivity contribution is -0.384. The molecule has 4 N–H and O–H groups in total. The van der Waals surface area contributed by atoms with Gasteiger partial charge in [-0.25, -0.2) is 4.98 Å². The number of nitrogens with zero attached hydrogens (tertiary/aromatic N) is 5. The summed E-state index contributed by atoms with van der Waals surface area (Å²) < 4.78 is 0. The lowest BCUT2D eigenvalue weighted by Crippen LogP contribution is -2.33. The van der Waals surface area contributed by atoms with E-state index >= 15 is 0 Å². The van der Waals surface area contributed by atoms with E-state index in [-0.39, 0.29) is 29.1 Å². The van der Waals surface area contributed by atoms with Gasteiger partial charge < -0.3 is 20.9 Å². The molecular formula is C19H23ClN8O2. The number of fused-ring (bicyclic) bond motifs is 2. The molecule has 10 nitrogen and oxygen atoms in total. The smallest absolute Gasteiger partial charge is 0.269 e. The zero-order chi connectivity index (χ0) is 20.0. The lowest BCUT2D eigenvalue weighted by atomic mass is 9.92. The maximum atomic E-state index is 11.1. The van der Waals surface area contributed by atoms with Gasteiger partial charge >= 0.3 is 0 Å². The van der Waals surface area contributed by atoms with Crippen LogP contribution in [0.1, 0.15) is 31.2 Å². The second-order valence-corrected chi connectivity index (χ2v) is 7.70. The van der Waals surface area contributed by atoms with Gasteiger partial charge in [0.1, 0.15) is 5.52 Å². The number of imidazole rings is 1. The second kappa shape index (κ2) is 8.04. The number of non-ortho nitro benzene ring substituents is 1. The molecule has 0 spiro atoms. The number of aromatic amines is 1. The fourth-order valence-electron chi connectivity index (χ4n) is 4.25. The number of nitrogens with two attached hydrogens (primary N) is 1. The van der Waals surface area contributed by atoms with Gasteiger partial charge in [0, 0.05) is 36.4 Å². The van der Waals surface area contributed by atoms with Crippen LogP contribution < -0.4 is 16.0 Å². The van der Waals surface area contributed by atoms with Crippen LogP contribution in [0.15, 0.2) is 24.5 Å². The van der Waals surface area contributed by atoms with Gasteiger partial charge in [0.25, 0.3) is 5.69 Å². The average Bonchev–Trinajstić information content (AvgIpc) is 3.35. The van der Waals surface area contributed by atoms with E-state index in [1.54, 1.807) is 18.5 Å². The highest BCUT2D eigenvalue weighted by Gasteiger charge is 2.27. The highest BCUT2D eigenvalue weighted by molar-refractivity contribution is 5.88. The van der Waals surface area contributed by atoms with Crippen molar-refractivity contribution in [3.63, 3.8) is 0 Å². The predicted octanol–water partition coefficient (Wildman–Crippen LogP) is 3.06. The third-order valence-electron chi connectivity index (χ3n) is 5.80. The molecule has 11 heteroatoms. The molecule has 0 unspecified atom stereocenters. The Labute approximate surface area is 178 Å². The SMILES string of the molecule is Cl.NC1CCC(Nc2nc(N3CCc4cc([N+](=O)[O-])ccc43)c3[nH]cnc3n2)CC1. The van der Waals surface area contributed by atoms with Gasteiger partial charge in [-0.2, -0.15) is 9.97 Å². The van der Waals surface area contributed by atoms with Crippen molar-refractivity contribution in [2.45, 2.75) is 44.2 Å². The number of anilines is 3. The highest BCUT2D eigenvalue weighted by Crippen LogP contribution is 2.38. The van der Waals surface area contributed by atoms with Crippen LogP contribution in [0.25, 0.3) is 11.2 Å². The van der Waals surface area contributed by atoms with E-state index in [0.717, 1.165) is 54.7 Å². The molecule has 1 aliphatic carbocycles. The average molecular weight is 431 g/mol. The molecule has 1 saturated carbocycles. The number of rotatable bonds is 4. The third kappa shape index (κ3) is 3.63. The van der Waals surface area contributed by atoms with Crippen molar-refractivity contribution in [3.8, 4) is 0 Å². The van der Waals surface area contributed by atoms with Gasteiger partial charge in [0.05, 0.1) is 11.3 Å². The minimum Gasteiger partial charge on any atom is -0.351 e. The third-order valence-corrected chi connectivity index (χ3v) is 5.80. The summed E-state index contributed by atoms with van der Waals surface area (Å²) in [6.45, 7) is 0.694. The van der Waals surface area contributed by atoms with E-state index in [1.807, 2.05) is 0 Å². The molecule has 0 amide bonds. The number of hydrogen-bond donors (Lipinski definition) is 3. The Balaban J connectivity index is 0.00000218. The summed E-state index contributed by atoms with van der Waals surface area (Å²) in [6.07, 6.45) is 6.31. The Morgan fingerprint density at radius 1 is 1.23 bits per heavy atom. The molecule has 158 valence electrons. The van der Waals surface area contributed by atoms with Crippen molar-refractivity contribution in [1.82, 2.24) is 19.9 Å². The van der Waals surface area contributed by atoms with Crippen LogP contribution in [-0.2, 0) is 6.42 Å². The molecule has 2 aliphatic rings. The first-order chi connectivity index (χ1) is 14.1. The van der Waals surface area contributed by atoms with Crippen LogP contribution in [-0.4, -0.2) is 43.5 Å². The van der Waals surface area contributed by atoms with Crippen molar-refractivity contribution in [3.05, 3.63) is 40.2 Å². The Morgan fingerprint density at radius 2 is 2.03 bits per heavy atom. The van der Waals surface area contributed by atoms with Crippen LogP contribution in [0.5, 0.6) is 0 Å². The molecule has 2 aromatic heterocycles. The zero-order valence-corrected chi connectivity index (χ0v) is 17.1. The molecule has 5 rings (SSSR count). The first kappa shape index (κ1) is 20.3. The van der Waals surface area contributed by atoms with Gasteiger partial charge in [0.15, 0.2) is 11.5 Å². The number of hydrogen-bond acceptors (Lipinski definition) is 8. The molecule has 1 aromatic carbocycles. The van der Waals surface area contributed by atoms with E-state index in [0.29, 0.717) is 24.2 Å². The first-order valence-electron chi connectivity index (χ1n) is 9.86. The number of aromatic nitrogens is 4. The largest absolute Gasteiger partial charge is 0.351 e. The van der Waals surface area contributed by atoms with Crippen molar-refractivity contribution < 1.29 is 4.92 Å². The summed E-state index contributed by atoms with van der Waals surface area (Å²) in [6, 6.07) is 5.55. The normalized spacial score (nSPS) is 20.6. The van der Waals surface area contributed by atoms with Crippen LogP contribution in [0.2, 0.25) is 0 Å². The van der Waals surface area contributed by atoms with E-state index < -0.39 is 0 Å². The summed E-state index contributed by atoms with van der Waals surface area (Å²) in [4.78, 5) is 29.6. The molecule has 1 aliphatic heterocycles. The standard InChI is InChI=1S/C19H22N8O2.ClH/c20-12-1-3-13(4-2-12)23-19-24-17-16(21-10-22-17)18(25-19)26-8-7-11-9-14(27(28)29)5-6-15(11)26;/h5-6,9-10,12-13H,1-4,7-8,20H2,(H2,21,22,23,24,25);1H. The summed E-state index contributed by atoms with van der Waals surface area (Å²) in [5, 5.41) is 14.5. The molecule has 3 aromatic rings. The van der Waals surface area contributed by atoms with Crippen molar-refractivity contribution >= 4 is 46.7 Å². The number of nitro benzene ring substituents is 1. The van der Waals surface area contributed by atoms with Crippen molar-refractivity contribution in [2.75, 3.05) is 16.8 Å². The van der Waals surface area contributed by atoms with Crippen LogP contribution in [0.3, 0.4) is 0 Å². The van der Waals surface area contributed by atoms with Gasteiger partial charge in [-0.05, 0) is 43.7 Å². The predicted molar refractivity (Wildman–Crippen MR) is 117 cm³/mol. The first-order valence-corrected chi connectivity index (χ1v) is 9.86. The van der Waals surface area contributed by atoms with Crippen molar-refractivity contribution in [2.24, 2.45) is 5.73 Å². The Kier molecular flexibility index (Phi) is 5.44. The minimum absolute atomic E-state index is 0. The Morgan fingerprint density at radius 3 is 2.80 bits per heavy atom. The maximum Gasteiger partial charge on any atom is 0.269 e. The molecule has 1 fully saturated rings. The molecule has 0 atom stereocenters. The minimum atomic E-state index is -0.362. The quantitative estimate of drug-likeness (QED) is 0.424. The second-order valence-electron chi connectivity index (χ2n) is 7.70. The fourth-order valence-corrected chi connectivity index (χ4v) is 4.25. The summed E-state index contributed by atoms with van der Waals surface area (Å²) in [5.74, 6) is 1.28. The number of nitrogens with one attached hydrogen (secondary N) is 2. The van der Waals surface area contributed by atoms with Crippen molar-refractivity contribution in [1.29, 1.82) is 0 Å². The molecule has 3 heterocycles. The van der Waals surface area contributed by atoms with Gasteiger partial charge in [-0.3, -0.25) is 10.1 Å². The molecule has 0 radical (unpaired) electrons. The number of halogens is 1. The summed E-state index contributed by atoms with van der Waals surface area (Å²) in [5.41, 5.74) is 9.35. The van der Waals surface area contributed by atoms with E-state index in [4.69, 9.17) is 10.7 Å². The molecule has 0 saturated heterocycles. The van der Waals surface area contributed by atoms with E-state index in [1.165, 1.54) is 6.07 Å². The highest BCUT2D eigenvalue weighted by atomic mass is 35.5. The number of benzene rings is 1. The van der Waals surface area contributed by atoms with Crippen LogP contribution >= 0.6 is 12.4 Å². The lowest BCUT2D eigenvalue weighted by Gasteiger charge is -2.27. The molecule has 30 heavy (non-hydrogen) atoms.